The first-order chi connectivity index (χ1) is 15.4. The van der Waals surface area contributed by atoms with Crippen molar-refractivity contribution in [3.05, 3.63) is 64.8 Å². The number of thioether (sulfide) groups is 1. The number of methoxy groups -OCH3 is 1. The van der Waals surface area contributed by atoms with E-state index in [1.54, 1.807) is 7.11 Å². The number of nitrogens with zero attached hydrogens (tertiary/aromatic N) is 4. The highest BCUT2D eigenvalue weighted by atomic mass is 32.2. The second-order valence-corrected chi connectivity index (χ2v) is 9.06. The van der Waals surface area contributed by atoms with E-state index >= 15 is 0 Å². The normalized spacial score (nSPS) is 10.9. The van der Waals surface area contributed by atoms with Crippen LogP contribution in [0.3, 0.4) is 0 Å². The van der Waals surface area contributed by atoms with E-state index in [0.717, 1.165) is 34.1 Å². The molecule has 1 amide bonds. The third-order valence-corrected chi connectivity index (χ3v) is 6.55. The van der Waals surface area contributed by atoms with Crippen LogP contribution >= 0.6 is 23.1 Å². The van der Waals surface area contributed by atoms with Gasteiger partial charge in [-0.3, -0.25) is 9.36 Å². The molecular weight excluding hydrogens is 442 g/mol. The molecule has 0 fully saturated rings. The molecule has 164 valence electrons. The van der Waals surface area contributed by atoms with Crippen LogP contribution in [0.1, 0.15) is 17.0 Å². The summed E-state index contributed by atoms with van der Waals surface area (Å²) in [5, 5.41) is 14.5. The third kappa shape index (κ3) is 4.84. The molecule has 0 unspecified atom stereocenters. The Labute approximate surface area is 194 Å². The first-order valence-electron chi connectivity index (χ1n) is 9.97. The van der Waals surface area contributed by atoms with E-state index in [9.17, 15) is 4.79 Å². The molecule has 4 rings (SSSR count). The minimum atomic E-state index is -0.140. The van der Waals surface area contributed by atoms with Gasteiger partial charge in [-0.15, -0.1) is 21.5 Å². The number of thiazole rings is 1. The lowest BCUT2D eigenvalue weighted by Crippen LogP contribution is -2.14. The molecule has 0 aliphatic rings. The van der Waals surface area contributed by atoms with Gasteiger partial charge in [0.25, 0.3) is 0 Å². The molecule has 9 heteroatoms. The summed E-state index contributed by atoms with van der Waals surface area (Å²) in [6, 6.07) is 13.9. The van der Waals surface area contributed by atoms with Gasteiger partial charge in [-0.25, -0.2) is 4.98 Å². The maximum absolute atomic E-state index is 12.5. The van der Waals surface area contributed by atoms with Gasteiger partial charge in [0.2, 0.25) is 5.91 Å². The highest BCUT2D eigenvalue weighted by Gasteiger charge is 2.15. The number of aryl methyl sites for hydroxylation is 3. The van der Waals surface area contributed by atoms with Crippen molar-refractivity contribution in [2.75, 3.05) is 18.2 Å². The Morgan fingerprint density at radius 3 is 2.62 bits per heavy atom. The predicted molar refractivity (Wildman–Crippen MR) is 129 cm³/mol. The minimum absolute atomic E-state index is 0.140. The number of hydrogen-bond donors (Lipinski definition) is 1. The van der Waals surface area contributed by atoms with Crippen molar-refractivity contribution in [2.45, 2.75) is 25.9 Å². The number of carbonyl (C=O) groups is 1. The maximum Gasteiger partial charge on any atom is 0.236 e. The molecule has 2 aromatic heterocycles. The fourth-order valence-corrected chi connectivity index (χ4v) is 4.83. The number of aromatic nitrogens is 4. The maximum atomic E-state index is 12.5. The van der Waals surface area contributed by atoms with Gasteiger partial charge in [0, 0.05) is 16.6 Å². The molecule has 0 aliphatic heterocycles. The average Bonchev–Trinajstić information content (AvgIpc) is 3.38. The summed E-state index contributed by atoms with van der Waals surface area (Å²) in [7, 11) is 1.63. The van der Waals surface area contributed by atoms with E-state index in [4.69, 9.17) is 4.74 Å². The smallest absolute Gasteiger partial charge is 0.236 e. The number of nitrogens with one attached hydrogen (secondary N) is 1. The van der Waals surface area contributed by atoms with Crippen LogP contribution in [-0.2, 0) is 4.79 Å². The summed E-state index contributed by atoms with van der Waals surface area (Å²) in [4.78, 5) is 17.1. The van der Waals surface area contributed by atoms with Crippen molar-refractivity contribution in [1.29, 1.82) is 0 Å². The van der Waals surface area contributed by atoms with Crippen LogP contribution < -0.4 is 10.1 Å². The zero-order valence-corrected chi connectivity index (χ0v) is 19.9. The molecule has 0 aliphatic carbocycles. The summed E-state index contributed by atoms with van der Waals surface area (Å²) in [6.07, 6.45) is 0. The van der Waals surface area contributed by atoms with E-state index < -0.39 is 0 Å². The monoisotopic (exact) mass is 465 g/mol. The Morgan fingerprint density at radius 2 is 1.91 bits per heavy atom. The Kier molecular flexibility index (Phi) is 6.57. The van der Waals surface area contributed by atoms with Crippen molar-refractivity contribution in [2.24, 2.45) is 0 Å². The van der Waals surface area contributed by atoms with Crippen LogP contribution in [0.15, 0.2) is 53.0 Å². The number of benzene rings is 2. The number of rotatable bonds is 7. The lowest BCUT2D eigenvalue weighted by atomic mass is 10.0. The van der Waals surface area contributed by atoms with Crippen LogP contribution in [0.4, 0.5) is 5.13 Å². The topological polar surface area (TPSA) is 81.9 Å². The first kappa shape index (κ1) is 22.0. The Hall–Kier alpha value is -3.17. The summed E-state index contributed by atoms with van der Waals surface area (Å²) in [5.41, 5.74) is 5.23. The molecule has 7 nitrogen and oxygen atoms in total. The summed E-state index contributed by atoms with van der Waals surface area (Å²) >= 11 is 2.75. The van der Waals surface area contributed by atoms with Gasteiger partial charge in [0.15, 0.2) is 10.3 Å². The van der Waals surface area contributed by atoms with Crippen molar-refractivity contribution >= 4 is 34.1 Å². The second kappa shape index (κ2) is 9.54. The molecule has 1 N–H and O–H groups in total. The number of hydrogen-bond acceptors (Lipinski definition) is 7. The molecule has 2 heterocycles. The van der Waals surface area contributed by atoms with Crippen molar-refractivity contribution < 1.29 is 9.53 Å². The Balaban J connectivity index is 1.41. The standard InChI is InChI=1S/C23H23N5O2S2/c1-14-5-10-19(15(2)11-14)20-12-31-22(24-20)25-21(29)13-32-23-27-26-16(3)28(23)17-6-8-18(30-4)9-7-17/h5-12H,13H2,1-4H3,(H,24,25,29). The zero-order chi connectivity index (χ0) is 22.7. The van der Waals surface area contributed by atoms with Gasteiger partial charge < -0.3 is 10.1 Å². The fourth-order valence-electron chi connectivity index (χ4n) is 3.31. The second-order valence-electron chi connectivity index (χ2n) is 7.26. The van der Waals surface area contributed by atoms with Gasteiger partial charge in [0.1, 0.15) is 11.6 Å². The lowest BCUT2D eigenvalue weighted by molar-refractivity contribution is -0.113. The molecule has 0 spiro atoms. The van der Waals surface area contributed by atoms with Crippen molar-refractivity contribution in [3.63, 3.8) is 0 Å². The molecule has 0 bridgehead atoms. The summed E-state index contributed by atoms with van der Waals surface area (Å²) < 4.78 is 7.14. The molecule has 0 radical (unpaired) electrons. The third-order valence-electron chi connectivity index (χ3n) is 4.87. The SMILES string of the molecule is COc1ccc(-n2c(C)nnc2SCC(=O)Nc2nc(-c3ccc(C)cc3C)cs2)cc1. The Morgan fingerprint density at radius 1 is 1.12 bits per heavy atom. The summed E-state index contributed by atoms with van der Waals surface area (Å²) in [6.45, 7) is 6.02. The molecule has 0 saturated heterocycles. The molecule has 0 atom stereocenters. The van der Waals surface area contributed by atoms with Gasteiger partial charge in [-0.05, 0) is 50.6 Å². The minimum Gasteiger partial charge on any atom is -0.497 e. The molecule has 2 aromatic carbocycles. The number of amides is 1. The number of anilines is 1. The first-order valence-corrected chi connectivity index (χ1v) is 11.8. The van der Waals surface area contributed by atoms with Gasteiger partial charge >= 0.3 is 0 Å². The average molecular weight is 466 g/mol. The van der Waals surface area contributed by atoms with Crippen molar-refractivity contribution in [1.82, 2.24) is 19.7 Å². The molecule has 32 heavy (non-hydrogen) atoms. The van der Waals surface area contributed by atoms with E-state index in [0.29, 0.717) is 10.3 Å². The van der Waals surface area contributed by atoms with E-state index in [1.807, 2.05) is 41.1 Å². The van der Waals surface area contributed by atoms with E-state index in [-0.39, 0.29) is 11.7 Å². The molecule has 0 saturated carbocycles. The molecular formula is C23H23N5O2S2. The van der Waals surface area contributed by atoms with Crippen LogP contribution in [0, 0.1) is 20.8 Å². The Bertz CT molecular complexity index is 1250. The van der Waals surface area contributed by atoms with E-state index in [2.05, 4.69) is 52.5 Å². The van der Waals surface area contributed by atoms with Gasteiger partial charge in [-0.1, -0.05) is 35.5 Å². The van der Waals surface area contributed by atoms with Crippen LogP contribution in [0.2, 0.25) is 0 Å². The highest BCUT2D eigenvalue weighted by molar-refractivity contribution is 7.99. The van der Waals surface area contributed by atoms with E-state index in [1.165, 1.54) is 28.7 Å². The quantitative estimate of drug-likeness (QED) is 0.385. The predicted octanol–water partition coefficient (Wildman–Crippen LogP) is 5.06. The van der Waals surface area contributed by atoms with Gasteiger partial charge in [0.05, 0.1) is 18.6 Å². The largest absolute Gasteiger partial charge is 0.497 e. The van der Waals surface area contributed by atoms with Crippen LogP contribution in [-0.4, -0.2) is 38.5 Å². The van der Waals surface area contributed by atoms with Crippen molar-refractivity contribution in [3.8, 4) is 22.7 Å². The zero-order valence-electron chi connectivity index (χ0n) is 18.2. The van der Waals surface area contributed by atoms with Crippen LogP contribution in [0.5, 0.6) is 5.75 Å². The van der Waals surface area contributed by atoms with Crippen LogP contribution in [0.25, 0.3) is 16.9 Å². The highest BCUT2D eigenvalue weighted by Crippen LogP contribution is 2.28. The number of ether oxygens (including phenoxy) is 1. The lowest BCUT2D eigenvalue weighted by Gasteiger charge is -2.09. The molecule has 4 aromatic rings. The summed E-state index contributed by atoms with van der Waals surface area (Å²) in [5.74, 6) is 1.58. The van der Waals surface area contributed by atoms with Gasteiger partial charge in [-0.2, -0.15) is 0 Å². The number of carbonyl (C=O) groups excluding carboxylic acids is 1. The fraction of sp³-hybridized carbons (Fsp3) is 0.217.